The molecule has 2 N–H and O–H groups in total. The number of amides is 2. The SMILES string of the molecule is COCCNC(=O)NCCn1nc(-c2ccco2)n(C2CC2)c1=O. The molecule has 1 saturated carbocycles. The number of aromatic nitrogens is 3. The normalized spacial score (nSPS) is 13.9. The molecule has 130 valence electrons. The molecule has 0 saturated heterocycles. The van der Waals surface area contributed by atoms with Gasteiger partial charge in [0.1, 0.15) is 0 Å². The molecular formula is C15H21N5O4. The van der Waals surface area contributed by atoms with Gasteiger partial charge in [0.05, 0.1) is 19.4 Å². The Morgan fingerprint density at radius 1 is 1.42 bits per heavy atom. The third kappa shape index (κ3) is 3.67. The third-order valence-electron chi connectivity index (χ3n) is 3.72. The van der Waals surface area contributed by atoms with Crippen LogP contribution in [0, 0.1) is 0 Å². The van der Waals surface area contributed by atoms with E-state index in [4.69, 9.17) is 9.15 Å². The van der Waals surface area contributed by atoms with Gasteiger partial charge in [0.15, 0.2) is 5.76 Å². The van der Waals surface area contributed by atoms with Crippen LogP contribution < -0.4 is 16.3 Å². The summed E-state index contributed by atoms with van der Waals surface area (Å²) in [4.78, 5) is 24.1. The van der Waals surface area contributed by atoms with Crippen LogP contribution in [0.2, 0.25) is 0 Å². The van der Waals surface area contributed by atoms with Crippen molar-refractivity contribution in [3.8, 4) is 11.6 Å². The molecule has 0 bridgehead atoms. The lowest BCUT2D eigenvalue weighted by Gasteiger charge is -2.06. The Morgan fingerprint density at radius 2 is 2.21 bits per heavy atom. The summed E-state index contributed by atoms with van der Waals surface area (Å²) in [6.07, 6.45) is 3.50. The van der Waals surface area contributed by atoms with Crippen molar-refractivity contribution in [1.29, 1.82) is 0 Å². The molecule has 0 aromatic carbocycles. The van der Waals surface area contributed by atoms with Gasteiger partial charge < -0.3 is 19.8 Å². The molecule has 3 rings (SSSR count). The van der Waals surface area contributed by atoms with Crippen LogP contribution in [0.4, 0.5) is 4.79 Å². The molecule has 0 atom stereocenters. The maximum Gasteiger partial charge on any atom is 0.346 e. The highest BCUT2D eigenvalue weighted by Gasteiger charge is 2.31. The molecule has 2 heterocycles. The van der Waals surface area contributed by atoms with Crippen LogP contribution in [-0.4, -0.2) is 47.2 Å². The lowest BCUT2D eigenvalue weighted by atomic mass is 10.4. The fourth-order valence-corrected chi connectivity index (χ4v) is 2.41. The van der Waals surface area contributed by atoms with E-state index < -0.39 is 0 Å². The summed E-state index contributed by atoms with van der Waals surface area (Å²) < 4.78 is 13.3. The van der Waals surface area contributed by atoms with Crippen LogP contribution in [0.15, 0.2) is 27.6 Å². The van der Waals surface area contributed by atoms with Crippen LogP contribution in [-0.2, 0) is 11.3 Å². The summed E-state index contributed by atoms with van der Waals surface area (Å²) >= 11 is 0. The predicted octanol–water partition coefficient (Wildman–Crippen LogP) is 0.585. The van der Waals surface area contributed by atoms with E-state index in [1.807, 2.05) is 0 Å². The van der Waals surface area contributed by atoms with Crippen molar-refractivity contribution >= 4 is 6.03 Å². The van der Waals surface area contributed by atoms with Crippen LogP contribution in [0.3, 0.4) is 0 Å². The monoisotopic (exact) mass is 335 g/mol. The van der Waals surface area contributed by atoms with Gasteiger partial charge in [-0.15, -0.1) is 5.10 Å². The van der Waals surface area contributed by atoms with Crippen molar-refractivity contribution in [2.75, 3.05) is 26.8 Å². The molecule has 1 fully saturated rings. The molecule has 0 aliphatic heterocycles. The van der Waals surface area contributed by atoms with E-state index in [1.165, 1.54) is 4.68 Å². The Balaban J connectivity index is 1.63. The zero-order valence-corrected chi connectivity index (χ0v) is 13.5. The summed E-state index contributed by atoms with van der Waals surface area (Å²) in [5, 5.41) is 9.70. The highest BCUT2D eigenvalue weighted by atomic mass is 16.5. The number of ether oxygens (including phenoxy) is 1. The zero-order chi connectivity index (χ0) is 16.9. The summed E-state index contributed by atoms with van der Waals surface area (Å²) in [5.41, 5.74) is -0.175. The first-order valence-corrected chi connectivity index (χ1v) is 7.94. The standard InChI is InChI=1S/C15H21N5O4/c1-23-10-7-17-14(21)16-6-8-19-15(22)20(11-4-5-11)13(18-19)12-3-2-9-24-12/h2-3,9,11H,4-8,10H2,1H3,(H2,16,17,21). The summed E-state index contributed by atoms with van der Waals surface area (Å²) in [7, 11) is 1.57. The van der Waals surface area contributed by atoms with Gasteiger partial charge in [-0.25, -0.2) is 14.3 Å². The molecule has 0 radical (unpaired) electrons. The maximum absolute atomic E-state index is 12.5. The molecule has 2 aromatic rings. The first kappa shape index (κ1) is 16.3. The average Bonchev–Trinajstić information content (AvgIpc) is 3.14. The quantitative estimate of drug-likeness (QED) is 0.687. The van der Waals surface area contributed by atoms with Gasteiger partial charge in [-0.1, -0.05) is 0 Å². The topological polar surface area (TPSA) is 103 Å². The zero-order valence-electron chi connectivity index (χ0n) is 13.5. The molecule has 2 aromatic heterocycles. The minimum atomic E-state index is -0.298. The minimum Gasteiger partial charge on any atom is -0.461 e. The number of urea groups is 1. The molecule has 24 heavy (non-hydrogen) atoms. The van der Waals surface area contributed by atoms with Crippen molar-refractivity contribution in [3.63, 3.8) is 0 Å². The fourth-order valence-electron chi connectivity index (χ4n) is 2.41. The van der Waals surface area contributed by atoms with E-state index in [1.54, 1.807) is 30.1 Å². The van der Waals surface area contributed by atoms with E-state index in [-0.39, 0.29) is 17.8 Å². The Hall–Kier alpha value is -2.55. The summed E-state index contributed by atoms with van der Waals surface area (Å²) in [5.74, 6) is 1.11. The number of nitrogens with one attached hydrogen (secondary N) is 2. The number of carbonyl (C=O) groups is 1. The lowest BCUT2D eigenvalue weighted by molar-refractivity contribution is 0.196. The highest BCUT2D eigenvalue weighted by molar-refractivity contribution is 5.73. The van der Waals surface area contributed by atoms with E-state index in [0.717, 1.165) is 12.8 Å². The number of rotatable bonds is 8. The molecule has 1 aliphatic rings. The van der Waals surface area contributed by atoms with Gasteiger partial charge in [-0.2, -0.15) is 0 Å². The molecule has 0 unspecified atom stereocenters. The molecule has 0 spiro atoms. The number of hydrogen-bond donors (Lipinski definition) is 2. The second kappa shape index (κ2) is 7.35. The first-order chi connectivity index (χ1) is 11.7. The third-order valence-corrected chi connectivity index (χ3v) is 3.72. The molecule has 1 aliphatic carbocycles. The van der Waals surface area contributed by atoms with Crippen LogP contribution in [0.5, 0.6) is 0 Å². The first-order valence-electron chi connectivity index (χ1n) is 7.94. The lowest BCUT2D eigenvalue weighted by Crippen LogP contribution is -2.39. The van der Waals surface area contributed by atoms with E-state index in [2.05, 4.69) is 15.7 Å². The van der Waals surface area contributed by atoms with Gasteiger partial charge in [-0.3, -0.25) is 4.57 Å². The molecule has 9 nitrogen and oxygen atoms in total. The predicted molar refractivity (Wildman–Crippen MR) is 85.7 cm³/mol. The van der Waals surface area contributed by atoms with Gasteiger partial charge in [0.25, 0.3) is 0 Å². The Kier molecular flexibility index (Phi) is 4.99. The maximum atomic E-state index is 12.5. The highest BCUT2D eigenvalue weighted by Crippen LogP contribution is 2.36. The second-order valence-electron chi connectivity index (χ2n) is 5.58. The average molecular weight is 335 g/mol. The van der Waals surface area contributed by atoms with Crippen molar-refractivity contribution in [3.05, 3.63) is 28.9 Å². The van der Waals surface area contributed by atoms with Crippen molar-refractivity contribution in [2.45, 2.75) is 25.4 Å². The summed E-state index contributed by atoms with van der Waals surface area (Å²) in [6, 6.07) is 3.44. The largest absolute Gasteiger partial charge is 0.461 e. The van der Waals surface area contributed by atoms with Crippen LogP contribution in [0.25, 0.3) is 11.6 Å². The van der Waals surface area contributed by atoms with Gasteiger partial charge in [-0.05, 0) is 25.0 Å². The number of hydrogen-bond acceptors (Lipinski definition) is 5. The minimum absolute atomic E-state index is 0.175. The van der Waals surface area contributed by atoms with Crippen molar-refractivity contribution < 1.29 is 13.9 Å². The Labute approximate surface area is 138 Å². The van der Waals surface area contributed by atoms with Gasteiger partial charge >= 0.3 is 11.7 Å². The number of furan rings is 1. The Bertz CT molecular complexity index is 730. The number of methoxy groups -OCH3 is 1. The van der Waals surface area contributed by atoms with E-state index in [0.29, 0.717) is 37.8 Å². The van der Waals surface area contributed by atoms with E-state index >= 15 is 0 Å². The van der Waals surface area contributed by atoms with E-state index in [9.17, 15) is 9.59 Å². The molecule has 2 amide bonds. The number of carbonyl (C=O) groups excluding carboxylic acids is 1. The van der Waals surface area contributed by atoms with Crippen LogP contribution in [0.1, 0.15) is 18.9 Å². The smallest absolute Gasteiger partial charge is 0.346 e. The molecular weight excluding hydrogens is 314 g/mol. The van der Waals surface area contributed by atoms with Crippen LogP contribution >= 0.6 is 0 Å². The molecule has 9 heteroatoms. The van der Waals surface area contributed by atoms with Gasteiger partial charge in [0.2, 0.25) is 5.82 Å². The van der Waals surface area contributed by atoms with Crippen molar-refractivity contribution in [2.24, 2.45) is 0 Å². The number of nitrogens with zero attached hydrogens (tertiary/aromatic N) is 3. The Morgan fingerprint density at radius 3 is 2.88 bits per heavy atom. The fraction of sp³-hybridized carbons (Fsp3) is 0.533. The van der Waals surface area contributed by atoms with Crippen molar-refractivity contribution in [1.82, 2.24) is 25.0 Å². The second-order valence-corrected chi connectivity index (χ2v) is 5.58. The van der Waals surface area contributed by atoms with Gasteiger partial charge in [0, 0.05) is 26.2 Å². The summed E-state index contributed by atoms with van der Waals surface area (Å²) in [6.45, 7) is 1.48.